The van der Waals surface area contributed by atoms with E-state index in [1.807, 2.05) is 25.1 Å². The van der Waals surface area contributed by atoms with Crippen LogP contribution < -0.4 is 10.1 Å². The Bertz CT molecular complexity index is 623. The summed E-state index contributed by atoms with van der Waals surface area (Å²) >= 11 is 3.49. The number of nitrogens with zero attached hydrogens (tertiary/aromatic N) is 2. The van der Waals surface area contributed by atoms with Gasteiger partial charge in [0.15, 0.2) is 0 Å². The third-order valence-electron chi connectivity index (χ3n) is 3.02. The van der Waals surface area contributed by atoms with Crippen LogP contribution in [0.5, 0.6) is 11.6 Å². The lowest BCUT2D eigenvalue weighted by atomic mass is 9.87. The Kier molecular flexibility index (Phi) is 4.83. The van der Waals surface area contributed by atoms with Crippen LogP contribution in [0.25, 0.3) is 0 Å². The van der Waals surface area contributed by atoms with E-state index >= 15 is 0 Å². The Morgan fingerprint density at radius 2 is 2.00 bits per heavy atom. The number of halogens is 1. The first-order valence-electron chi connectivity index (χ1n) is 6.94. The van der Waals surface area contributed by atoms with E-state index in [0.29, 0.717) is 5.88 Å². The van der Waals surface area contributed by atoms with Crippen LogP contribution in [-0.2, 0) is 5.41 Å². The number of rotatable bonds is 4. The number of hydrogen-bond acceptors (Lipinski definition) is 4. The van der Waals surface area contributed by atoms with Crippen molar-refractivity contribution < 1.29 is 4.74 Å². The lowest BCUT2D eigenvalue weighted by Gasteiger charge is -2.19. The number of hydrogen-bond donors (Lipinski definition) is 1. The smallest absolute Gasteiger partial charge is 0.238 e. The second-order valence-electron chi connectivity index (χ2n) is 5.75. The van der Waals surface area contributed by atoms with E-state index in [1.165, 1.54) is 11.9 Å². The fraction of sp³-hybridized carbons (Fsp3) is 0.375. The zero-order valence-corrected chi connectivity index (χ0v) is 14.4. The highest BCUT2D eigenvalue weighted by Gasteiger charge is 2.15. The van der Waals surface area contributed by atoms with Gasteiger partial charge >= 0.3 is 0 Å². The first kappa shape index (κ1) is 15.8. The number of nitrogens with one attached hydrogen (secondary N) is 1. The summed E-state index contributed by atoms with van der Waals surface area (Å²) < 4.78 is 6.62. The molecule has 0 bridgehead atoms. The van der Waals surface area contributed by atoms with Gasteiger partial charge in [-0.2, -0.15) is 0 Å². The topological polar surface area (TPSA) is 47.0 Å². The molecule has 1 aromatic carbocycles. The van der Waals surface area contributed by atoms with E-state index < -0.39 is 0 Å². The van der Waals surface area contributed by atoms with Crippen molar-refractivity contribution in [3.05, 3.63) is 40.6 Å². The number of anilines is 1. The molecule has 0 amide bonds. The Labute approximate surface area is 134 Å². The van der Waals surface area contributed by atoms with Crippen molar-refractivity contribution in [1.29, 1.82) is 0 Å². The summed E-state index contributed by atoms with van der Waals surface area (Å²) in [6.45, 7) is 9.33. The molecule has 2 rings (SSSR count). The summed E-state index contributed by atoms with van der Waals surface area (Å²) in [6, 6.07) is 8.07. The fourth-order valence-electron chi connectivity index (χ4n) is 1.85. The van der Waals surface area contributed by atoms with Gasteiger partial charge in [0.25, 0.3) is 0 Å². The number of ether oxygens (including phenoxy) is 1. The average Bonchev–Trinajstić information content (AvgIpc) is 2.43. The summed E-state index contributed by atoms with van der Waals surface area (Å²) in [7, 11) is 0. The highest BCUT2D eigenvalue weighted by molar-refractivity contribution is 9.10. The van der Waals surface area contributed by atoms with E-state index in [-0.39, 0.29) is 5.41 Å². The second kappa shape index (κ2) is 6.43. The van der Waals surface area contributed by atoms with Gasteiger partial charge in [0.05, 0.1) is 0 Å². The molecule has 1 heterocycles. The van der Waals surface area contributed by atoms with Crippen molar-refractivity contribution in [2.75, 3.05) is 11.9 Å². The molecule has 0 saturated heterocycles. The Balaban J connectivity index is 2.28. The van der Waals surface area contributed by atoms with Crippen molar-refractivity contribution in [2.45, 2.75) is 33.1 Å². The largest absolute Gasteiger partial charge is 0.438 e. The van der Waals surface area contributed by atoms with Crippen molar-refractivity contribution in [2.24, 2.45) is 0 Å². The van der Waals surface area contributed by atoms with Gasteiger partial charge in [0.2, 0.25) is 5.88 Å². The monoisotopic (exact) mass is 349 g/mol. The van der Waals surface area contributed by atoms with Gasteiger partial charge in [-0.1, -0.05) is 32.9 Å². The van der Waals surface area contributed by atoms with Gasteiger partial charge in [0.1, 0.15) is 22.4 Å². The summed E-state index contributed by atoms with van der Waals surface area (Å²) in [5, 5.41) is 3.16. The molecule has 0 unspecified atom stereocenters. The fourth-order valence-corrected chi connectivity index (χ4v) is 2.28. The molecule has 21 heavy (non-hydrogen) atoms. The van der Waals surface area contributed by atoms with Crippen LogP contribution in [0, 0.1) is 0 Å². The average molecular weight is 350 g/mol. The molecule has 0 atom stereocenters. The van der Waals surface area contributed by atoms with Crippen molar-refractivity contribution in [3.8, 4) is 11.6 Å². The van der Waals surface area contributed by atoms with Crippen molar-refractivity contribution in [3.63, 3.8) is 0 Å². The molecule has 1 aromatic heterocycles. The molecule has 0 aliphatic rings. The van der Waals surface area contributed by atoms with Gasteiger partial charge in [-0.3, -0.25) is 0 Å². The van der Waals surface area contributed by atoms with Crippen LogP contribution in [0.4, 0.5) is 5.82 Å². The summed E-state index contributed by atoms with van der Waals surface area (Å²) in [6.07, 6.45) is 1.49. The molecule has 112 valence electrons. The lowest BCUT2D eigenvalue weighted by Crippen LogP contribution is -2.10. The van der Waals surface area contributed by atoms with Gasteiger partial charge in [-0.15, -0.1) is 0 Å². The van der Waals surface area contributed by atoms with Crippen molar-refractivity contribution >= 4 is 21.7 Å². The molecule has 0 saturated carbocycles. The van der Waals surface area contributed by atoms with Gasteiger partial charge in [-0.25, -0.2) is 9.97 Å². The van der Waals surface area contributed by atoms with E-state index in [1.54, 1.807) is 0 Å². The summed E-state index contributed by atoms with van der Waals surface area (Å²) in [4.78, 5) is 8.37. The number of benzene rings is 1. The van der Waals surface area contributed by atoms with Crippen LogP contribution in [0.3, 0.4) is 0 Å². The maximum atomic E-state index is 5.89. The van der Waals surface area contributed by atoms with E-state index in [9.17, 15) is 0 Å². The van der Waals surface area contributed by atoms with Gasteiger partial charge in [0, 0.05) is 6.54 Å². The summed E-state index contributed by atoms with van der Waals surface area (Å²) in [5.41, 5.74) is 1.30. The van der Waals surface area contributed by atoms with E-state index in [0.717, 1.165) is 22.6 Å². The highest BCUT2D eigenvalue weighted by atomic mass is 79.9. The van der Waals surface area contributed by atoms with Crippen LogP contribution in [-0.4, -0.2) is 16.5 Å². The molecule has 0 radical (unpaired) electrons. The van der Waals surface area contributed by atoms with Crippen LogP contribution >= 0.6 is 15.9 Å². The summed E-state index contributed by atoms with van der Waals surface area (Å²) in [5.74, 6) is 2.01. The van der Waals surface area contributed by atoms with Crippen LogP contribution in [0.2, 0.25) is 0 Å². The maximum Gasteiger partial charge on any atom is 0.238 e. The van der Waals surface area contributed by atoms with Gasteiger partial charge < -0.3 is 10.1 Å². The first-order valence-corrected chi connectivity index (χ1v) is 7.74. The zero-order valence-electron chi connectivity index (χ0n) is 12.8. The van der Waals surface area contributed by atoms with E-state index in [2.05, 4.69) is 58.1 Å². The Morgan fingerprint density at radius 3 is 2.67 bits per heavy atom. The molecular weight excluding hydrogens is 330 g/mol. The molecule has 0 aliphatic carbocycles. The minimum absolute atomic E-state index is 0.0806. The molecule has 5 heteroatoms. The molecule has 2 aromatic rings. The van der Waals surface area contributed by atoms with Crippen LogP contribution in [0.15, 0.2) is 35.1 Å². The highest BCUT2D eigenvalue weighted by Crippen LogP contribution is 2.33. The normalized spacial score (nSPS) is 11.3. The Morgan fingerprint density at radius 1 is 1.24 bits per heavy atom. The Hall–Kier alpha value is -1.62. The van der Waals surface area contributed by atoms with Crippen LogP contribution in [0.1, 0.15) is 33.3 Å². The molecule has 0 fully saturated rings. The third-order valence-corrected chi connectivity index (χ3v) is 3.73. The SMILES string of the molecule is CCNc1ncnc(Oc2cccc(C(C)(C)C)c2)c1Br. The molecule has 1 N–H and O–H groups in total. The first-order chi connectivity index (χ1) is 9.91. The molecule has 4 nitrogen and oxygen atoms in total. The van der Waals surface area contributed by atoms with Crippen molar-refractivity contribution in [1.82, 2.24) is 9.97 Å². The minimum atomic E-state index is 0.0806. The maximum absolute atomic E-state index is 5.89. The minimum Gasteiger partial charge on any atom is -0.438 e. The second-order valence-corrected chi connectivity index (χ2v) is 6.54. The lowest BCUT2D eigenvalue weighted by molar-refractivity contribution is 0.455. The quantitative estimate of drug-likeness (QED) is 0.864. The number of aromatic nitrogens is 2. The standard InChI is InChI=1S/C16H20BrN3O/c1-5-18-14-13(17)15(20-10-19-14)21-12-8-6-7-11(9-12)16(2,3)4/h6-10H,5H2,1-4H3,(H,18,19,20). The third kappa shape index (κ3) is 3.94. The molecule has 0 aliphatic heterocycles. The predicted octanol–water partition coefficient (Wildman–Crippen LogP) is 4.76. The molecular formula is C16H20BrN3O. The van der Waals surface area contributed by atoms with Gasteiger partial charge in [-0.05, 0) is 46.0 Å². The molecule has 0 spiro atoms. The van der Waals surface area contributed by atoms with E-state index in [4.69, 9.17) is 4.74 Å². The predicted molar refractivity (Wildman–Crippen MR) is 89.1 cm³/mol. The zero-order chi connectivity index (χ0) is 15.5.